The first kappa shape index (κ1) is 11.7. The van der Waals surface area contributed by atoms with Gasteiger partial charge in [-0.2, -0.15) is 0 Å². The van der Waals surface area contributed by atoms with E-state index in [-0.39, 0.29) is 11.9 Å². The highest BCUT2D eigenvalue weighted by molar-refractivity contribution is 6.06. The Balaban J connectivity index is 1.97. The lowest BCUT2D eigenvalue weighted by atomic mass is 10.2. The molecule has 3 rings (SSSR count). The number of aromatic nitrogens is 2. The molecule has 3 heterocycles. The van der Waals surface area contributed by atoms with Crippen molar-refractivity contribution in [1.29, 1.82) is 0 Å². The van der Waals surface area contributed by atoms with Crippen molar-refractivity contribution in [2.45, 2.75) is 19.9 Å². The van der Waals surface area contributed by atoms with Crippen LogP contribution in [-0.2, 0) is 11.3 Å². The summed E-state index contributed by atoms with van der Waals surface area (Å²) >= 11 is 0. The maximum Gasteiger partial charge on any atom is 0.328 e. The molecular weight excluding hydrogens is 244 g/mol. The molecular formula is C13H14N4O2. The van der Waals surface area contributed by atoms with Gasteiger partial charge in [-0.15, -0.1) is 0 Å². The normalized spacial score (nSPS) is 15.9. The molecule has 19 heavy (non-hydrogen) atoms. The standard InChI is InChI=1S/C13H14N4O2/c1-2-16-5-3-9-7-10(8-14-12(9)16)17-6-4-11(18)15-13(17)19/h3,5,7-8H,2,4,6H2,1H3,(H,15,18,19). The number of hydrogen-bond donors (Lipinski definition) is 1. The summed E-state index contributed by atoms with van der Waals surface area (Å²) in [6, 6.07) is 3.51. The molecule has 98 valence electrons. The van der Waals surface area contributed by atoms with Crippen LogP contribution in [0.5, 0.6) is 0 Å². The summed E-state index contributed by atoms with van der Waals surface area (Å²) in [5.74, 6) is -0.229. The zero-order chi connectivity index (χ0) is 13.4. The number of aryl methyl sites for hydroxylation is 1. The Labute approximate surface area is 110 Å². The Bertz CT molecular complexity index is 662. The number of pyridine rings is 1. The van der Waals surface area contributed by atoms with E-state index in [0.717, 1.165) is 17.6 Å². The second-order valence-corrected chi connectivity index (χ2v) is 4.46. The van der Waals surface area contributed by atoms with Crippen molar-refractivity contribution in [3.8, 4) is 0 Å². The molecule has 6 nitrogen and oxygen atoms in total. The molecule has 0 spiro atoms. The molecule has 6 heteroatoms. The maximum atomic E-state index is 11.8. The molecule has 0 radical (unpaired) electrons. The molecule has 0 atom stereocenters. The van der Waals surface area contributed by atoms with E-state index in [1.54, 1.807) is 6.20 Å². The van der Waals surface area contributed by atoms with Crippen LogP contribution in [0.15, 0.2) is 24.5 Å². The molecule has 1 aliphatic rings. The van der Waals surface area contributed by atoms with Crippen molar-refractivity contribution < 1.29 is 9.59 Å². The minimum absolute atomic E-state index is 0.229. The van der Waals surface area contributed by atoms with E-state index in [4.69, 9.17) is 0 Å². The summed E-state index contributed by atoms with van der Waals surface area (Å²) in [6.07, 6.45) is 3.96. The number of fused-ring (bicyclic) bond motifs is 1. The lowest BCUT2D eigenvalue weighted by molar-refractivity contribution is -0.120. The van der Waals surface area contributed by atoms with Crippen molar-refractivity contribution in [1.82, 2.24) is 14.9 Å². The molecule has 0 aliphatic carbocycles. The third-order valence-electron chi connectivity index (χ3n) is 3.29. The van der Waals surface area contributed by atoms with Gasteiger partial charge in [0.1, 0.15) is 5.65 Å². The van der Waals surface area contributed by atoms with E-state index < -0.39 is 0 Å². The van der Waals surface area contributed by atoms with Crippen LogP contribution < -0.4 is 10.2 Å². The van der Waals surface area contributed by atoms with Gasteiger partial charge in [-0.05, 0) is 19.1 Å². The quantitative estimate of drug-likeness (QED) is 0.887. The monoisotopic (exact) mass is 258 g/mol. The Morgan fingerprint density at radius 2 is 2.26 bits per heavy atom. The highest BCUT2D eigenvalue weighted by atomic mass is 16.2. The lowest BCUT2D eigenvalue weighted by Crippen LogP contribution is -2.49. The fourth-order valence-electron chi connectivity index (χ4n) is 2.28. The van der Waals surface area contributed by atoms with Crippen LogP contribution in [0.3, 0.4) is 0 Å². The Kier molecular flexibility index (Phi) is 2.70. The van der Waals surface area contributed by atoms with Gasteiger partial charge in [0.05, 0.1) is 11.9 Å². The molecule has 0 unspecified atom stereocenters. The van der Waals surface area contributed by atoms with Crippen LogP contribution in [0, 0.1) is 0 Å². The smallest absolute Gasteiger partial charge is 0.328 e. The first-order valence-corrected chi connectivity index (χ1v) is 6.25. The van der Waals surface area contributed by atoms with Crippen LogP contribution in [0.4, 0.5) is 10.5 Å². The number of rotatable bonds is 2. The van der Waals surface area contributed by atoms with Gasteiger partial charge in [-0.1, -0.05) is 0 Å². The van der Waals surface area contributed by atoms with Crippen LogP contribution in [0.25, 0.3) is 11.0 Å². The fourth-order valence-corrected chi connectivity index (χ4v) is 2.28. The molecule has 0 bridgehead atoms. The minimum atomic E-state index is -0.382. The topological polar surface area (TPSA) is 67.2 Å². The number of carbonyl (C=O) groups excluding carboxylic acids is 2. The first-order chi connectivity index (χ1) is 9.19. The zero-order valence-electron chi connectivity index (χ0n) is 10.6. The number of carbonyl (C=O) groups is 2. The molecule has 1 saturated heterocycles. The number of urea groups is 1. The average molecular weight is 258 g/mol. The van der Waals surface area contributed by atoms with Gasteiger partial charge in [0.25, 0.3) is 0 Å². The van der Waals surface area contributed by atoms with Gasteiger partial charge in [0.2, 0.25) is 5.91 Å². The highest BCUT2D eigenvalue weighted by Crippen LogP contribution is 2.22. The molecule has 0 saturated carbocycles. The van der Waals surface area contributed by atoms with Crippen molar-refractivity contribution in [2.75, 3.05) is 11.4 Å². The molecule has 1 fully saturated rings. The second kappa shape index (κ2) is 4.38. The summed E-state index contributed by atoms with van der Waals surface area (Å²) in [7, 11) is 0. The van der Waals surface area contributed by atoms with Gasteiger partial charge in [0, 0.05) is 31.1 Å². The molecule has 1 aliphatic heterocycles. The van der Waals surface area contributed by atoms with E-state index in [9.17, 15) is 9.59 Å². The van der Waals surface area contributed by atoms with Crippen LogP contribution in [0.2, 0.25) is 0 Å². The Morgan fingerprint density at radius 3 is 3.00 bits per heavy atom. The van der Waals surface area contributed by atoms with Crippen LogP contribution in [0.1, 0.15) is 13.3 Å². The largest absolute Gasteiger partial charge is 0.333 e. The maximum absolute atomic E-state index is 11.8. The summed E-state index contributed by atoms with van der Waals surface area (Å²) in [6.45, 7) is 3.31. The van der Waals surface area contributed by atoms with Gasteiger partial charge in [-0.25, -0.2) is 9.78 Å². The van der Waals surface area contributed by atoms with Crippen molar-refractivity contribution in [2.24, 2.45) is 0 Å². The average Bonchev–Trinajstić information content (AvgIpc) is 2.80. The predicted molar refractivity (Wildman–Crippen MR) is 70.9 cm³/mol. The van der Waals surface area contributed by atoms with Crippen molar-refractivity contribution in [3.63, 3.8) is 0 Å². The van der Waals surface area contributed by atoms with Crippen LogP contribution in [-0.4, -0.2) is 28.0 Å². The minimum Gasteiger partial charge on any atom is -0.333 e. The fraction of sp³-hybridized carbons (Fsp3) is 0.308. The predicted octanol–water partition coefficient (Wildman–Crippen LogP) is 1.50. The molecule has 1 N–H and O–H groups in total. The summed E-state index contributed by atoms with van der Waals surface area (Å²) in [4.78, 5) is 28.8. The van der Waals surface area contributed by atoms with E-state index in [1.807, 2.05) is 22.9 Å². The number of hydrogen-bond acceptors (Lipinski definition) is 3. The SMILES string of the molecule is CCn1ccc2cc(N3CCC(=O)NC3=O)cnc21. The van der Waals surface area contributed by atoms with Gasteiger partial charge in [-0.3, -0.25) is 15.0 Å². The molecule has 2 aromatic heterocycles. The van der Waals surface area contributed by atoms with Gasteiger partial charge >= 0.3 is 6.03 Å². The lowest BCUT2D eigenvalue weighted by Gasteiger charge is -2.26. The second-order valence-electron chi connectivity index (χ2n) is 4.46. The summed E-state index contributed by atoms with van der Waals surface area (Å²) in [5, 5.41) is 3.30. The number of nitrogens with one attached hydrogen (secondary N) is 1. The van der Waals surface area contributed by atoms with Gasteiger partial charge in [0.15, 0.2) is 0 Å². The van der Waals surface area contributed by atoms with E-state index >= 15 is 0 Å². The summed E-state index contributed by atoms with van der Waals surface area (Å²) < 4.78 is 2.04. The molecule has 2 aromatic rings. The number of imide groups is 1. The van der Waals surface area contributed by atoms with Crippen molar-refractivity contribution >= 4 is 28.7 Å². The zero-order valence-corrected chi connectivity index (χ0v) is 10.6. The first-order valence-electron chi connectivity index (χ1n) is 6.25. The Morgan fingerprint density at radius 1 is 1.42 bits per heavy atom. The Hall–Kier alpha value is -2.37. The summed E-state index contributed by atoms with van der Waals surface area (Å²) in [5.41, 5.74) is 1.62. The van der Waals surface area contributed by atoms with E-state index in [1.165, 1.54) is 4.90 Å². The third kappa shape index (κ3) is 1.95. The number of nitrogens with zero attached hydrogens (tertiary/aromatic N) is 3. The number of amides is 3. The van der Waals surface area contributed by atoms with Crippen LogP contribution >= 0.6 is 0 Å². The molecule has 0 aromatic carbocycles. The van der Waals surface area contributed by atoms with Crippen molar-refractivity contribution in [3.05, 3.63) is 24.5 Å². The van der Waals surface area contributed by atoms with E-state index in [0.29, 0.717) is 18.7 Å². The highest BCUT2D eigenvalue weighted by Gasteiger charge is 2.24. The number of anilines is 1. The van der Waals surface area contributed by atoms with E-state index in [2.05, 4.69) is 17.2 Å². The molecule has 3 amide bonds. The van der Waals surface area contributed by atoms with Gasteiger partial charge < -0.3 is 4.57 Å². The third-order valence-corrected chi connectivity index (χ3v) is 3.29.